The van der Waals surface area contributed by atoms with Crippen LogP contribution in [0.25, 0.3) is 10.8 Å². The van der Waals surface area contributed by atoms with E-state index in [1.807, 2.05) is 18.2 Å². The predicted octanol–water partition coefficient (Wildman–Crippen LogP) is 2.73. The molecule has 0 aromatic heterocycles. The van der Waals surface area contributed by atoms with Crippen molar-refractivity contribution >= 4 is 22.7 Å². The summed E-state index contributed by atoms with van der Waals surface area (Å²) in [6.07, 6.45) is 0.533. The van der Waals surface area contributed by atoms with Crippen molar-refractivity contribution in [3.8, 4) is 0 Å². The van der Waals surface area contributed by atoms with Crippen molar-refractivity contribution in [1.29, 1.82) is 0 Å². The van der Waals surface area contributed by atoms with Crippen molar-refractivity contribution in [3.05, 3.63) is 48.0 Å². The number of fused-ring (bicyclic) bond motifs is 2. The highest BCUT2D eigenvalue weighted by Gasteiger charge is 2.77. The number of benzene rings is 2. The molecule has 2 aromatic rings. The largest absolute Gasteiger partial charge is 0.466 e. The van der Waals surface area contributed by atoms with E-state index in [0.717, 1.165) is 16.3 Å². The summed E-state index contributed by atoms with van der Waals surface area (Å²) in [5, 5.41) is 2.30. The Morgan fingerprint density at radius 1 is 1.26 bits per heavy atom. The molecule has 0 amide bonds. The third kappa shape index (κ3) is 2.05. The highest BCUT2D eigenvalue weighted by atomic mass is 16.6. The number of hydrogen-bond acceptors (Lipinski definition) is 4. The van der Waals surface area contributed by atoms with Crippen LogP contribution in [0.2, 0.25) is 0 Å². The second kappa shape index (κ2) is 5.08. The van der Waals surface area contributed by atoms with E-state index in [1.165, 1.54) is 0 Å². The molecule has 23 heavy (non-hydrogen) atoms. The quantitative estimate of drug-likeness (QED) is 0.815. The van der Waals surface area contributed by atoms with Gasteiger partial charge in [0.25, 0.3) is 0 Å². The minimum absolute atomic E-state index is 0.0412. The van der Waals surface area contributed by atoms with Crippen LogP contribution in [0.1, 0.15) is 12.5 Å². The van der Waals surface area contributed by atoms with E-state index in [0.29, 0.717) is 19.6 Å². The zero-order valence-corrected chi connectivity index (χ0v) is 13.0. The van der Waals surface area contributed by atoms with Gasteiger partial charge in [-0.15, -0.1) is 0 Å². The van der Waals surface area contributed by atoms with Gasteiger partial charge in [0, 0.05) is 5.92 Å². The van der Waals surface area contributed by atoms with Gasteiger partial charge in [0.05, 0.1) is 24.5 Å². The molecule has 4 rings (SSSR count). The summed E-state index contributed by atoms with van der Waals surface area (Å²) in [5.74, 6) is -0.917. The van der Waals surface area contributed by atoms with E-state index in [2.05, 4.69) is 24.3 Å². The molecule has 0 bridgehead atoms. The molecule has 0 N–H and O–H groups in total. The summed E-state index contributed by atoms with van der Waals surface area (Å²) >= 11 is 0. The van der Waals surface area contributed by atoms with Crippen LogP contribution in [0.4, 0.5) is 0 Å². The Labute approximate surface area is 134 Å². The maximum absolute atomic E-state index is 12.3. The number of hydrogen-bond donors (Lipinski definition) is 0. The van der Waals surface area contributed by atoms with Crippen LogP contribution in [0.5, 0.6) is 0 Å². The van der Waals surface area contributed by atoms with Gasteiger partial charge in [-0.05, 0) is 29.7 Å². The third-order valence-electron chi connectivity index (χ3n) is 5.13. The van der Waals surface area contributed by atoms with Crippen LogP contribution < -0.4 is 0 Å². The van der Waals surface area contributed by atoms with E-state index >= 15 is 0 Å². The molecule has 1 aliphatic carbocycles. The lowest BCUT2D eigenvalue weighted by Gasteiger charge is -2.13. The summed E-state index contributed by atoms with van der Waals surface area (Å²) in [4.78, 5) is 24.4. The van der Waals surface area contributed by atoms with Crippen LogP contribution in [0, 0.1) is 17.3 Å². The van der Waals surface area contributed by atoms with E-state index in [1.54, 1.807) is 6.92 Å². The number of rotatable bonds is 4. The molecule has 4 heteroatoms. The monoisotopic (exact) mass is 310 g/mol. The fraction of sp³-hybridized carbons (Fsp3) is 0.368. The summed E-state index contributed by atoms with van der Waals surface area (Å²) in [6, 6.07) is 14.3. The maximum atomic E-state index is 12.3. The Morgan fingerprint density at radius 3 is 2.83 bits per heavy atom. The van der Waals surface area contributed by atoms with Gasteiger partial charge in [-0.25, -0.2) is 0 Å². The first kappa shape index (κ1) is 14.2. The van der Waals surface area contributed by atoms with Gasteiger partial charge in [-0.2, -0.15) is 0 Å². The standard InChI is InChI=1S/C19H18O4/c1-2-22-17(20)16-15-11-23-18(21)19(15,16)10-12-7-8-13-5-3-4-6-14(13)9-12/h3-9,15-16H,2,10-11H2,1H3/t15?,16-,19-/m1/s1. The highest BCUT2D eigenvalue weighted by Crippen LogP contribution is 2.65. The molecule has 118 valence electrons. The van der Waals surface area contributed by atoms with Crippen LogP contribution in [-0.2, 0) is 25.5 Å². The maximum Gasteiger partial charge on any atom is 0.313 e. The van der Waals surface area contributed by atoms with Gasteiger partial charge in [-0.1, -0.05) is 42.5 Å². The lowest BCUT2D eigenvalue weighted by atomic mass is 9.92. The first-order valence-electron chi connectivity index (χ1n) is 7.98. The smallest absolute Gasteiger partial charge is 0.313 e. The molecule has 3 atom stereocenters. The summed E-state index contributed by atoms with van der Waals surface area (Å²) in [5.41, 5.74) is 0.341. The molecule has 1 saturated carbocycles. The van der Waals surface area contributed by atoms with Gasteiger partial charge in [0.1, 0.15) is 0 Å². The number of cyclic esters (lactones) is 1. The van der Waals surface area contributed by atoms with Gasteiger partial charge in [0.2, 0.25) is 0 Å². The normalized spacial score (nSPS) is 28.3. The lowest BCUT2D eigenvalue weighted by molar-refractivity contribution is -0.154. The molecule has 2 fully saturated rings. The molecule has 0 spiro atoms. The van der Waals surface area contributed by atoms with Crippen LogP contribution in [0.15, 0.2) is 42.5 Å². The second-order valence-electron chi connectivity index (χ2n) is 6.33. The molecule has 2 aliphatic rings. The lowest BCUT2D eigenvalue weighted by Crippen LogP contribution is -2.25. The average molecular weight is 310 g/mol. The van der Waals surface area contributed by atoms with Gasteiger partial charge >= 0.3 is 11.9 Å². The van der Waals surface area contributed by atoms with Crippen LogP contribution in [-0.4, -0.2) is 25.2 Å². The molecular formula is C19H18O4. The predicted molar refractivity (Wildman–Crippen MR) is 84.7 cm³/mol. The molecule has 0 radical (unpaired) electrons. The first-order chi connectivity index (χ1) is 11.2. The van der Waals surface area contributed by atoms with E-state index < -0.39 is 5.41 Å². The first-order valence-corrected chi connectivity index (χ1v) is 7.98. The number of esters is 2. The summed E-state index contributed by atoms with van der Waals surface area (Å²) in [7, 11) is 0. The number of ether oxygens (including phenoxy) is 2. The van der Waals surface area contributed by atoms with Crippen LogP contribution >= 0.6 is 0 Å². The molecule has 1 heterocycles. The Bertz CT molecular complexity index is 797. The Morgan fingerprint density at radius 2 is 2.04 bits per heavy atom. The Kier molecular flexibility index (Phi) is 3.15. The van der Waals surface area contributed by atoms with Crippen molar-refractivity contribution in [3.63, 3.8) is 0 Å². The Balaban J connectivity index is 1.65. The fourth-order valence-electron chi connectivity index (χ4n) is 3.95. The molecule has 1 saturated heterocycles. The summed E-state index contributed by atoms with van der Waals surface area (Å²) < 4.78 is 10.3. The van der Waals surface area contributed by atoms with Crippen molar-refractivity contribution in [1.82, 2.24) is 0 Å². The highest BCUT2D eigenvalue weighted by molar-refractivity contribution is 5.94. The van der Waals surface area contributed by atoms with E-state index in [9.17, 15) is 9.59 Å². The van der Waals surface area contributed by atoms with Crippen molar-refractivity contribution < 1.29 is 19.1 Å². The van der Waals surface area contributed by atoms with Crippen molar-refractivity contribution in [2.75, 3.05) is 13.2 Å². The number of carbonyl (C=O) groups excluding carboxylic acids is 2. The Hall–Kier alpha value is -2.36. The molecular weight excluding hydrogens is 292 g/mol. The zero-order chi connectivity index (χ0) is 16.0. The summed E-state index contributed by atoms with van der Waals surface area (Å²) in [6.45, 7) is 2.45. The minimum atomic E-state index is -0.714. The molecule has 4 nitrogen and oxygen atoms in total. The van der Waals surface area contributed by atoms with Crippen molar-refractivity contribution in [2.24, 2.45) is 17.3 Å². The third-order valence-corrected chi connectivity index (χ3v) is 5.13. The topological polar surface area (TPSA) is 52.6 Å². The van der Waals surface area contributed by atoms with Crippen molar-refractivity contribution in [2.45, 2.75) is 13.3 Å². The minimum Gasteiger partial charge on any atom is -0.466 e. The van der Waals surface area contributed by atoms with Gasteiger partial charge < -0.3 is 9.47 Å². The second-order valence-corrected chi connectivity index (χ2v) is 6.33. The van der Waals surface area contributed by atoms with Gasteiger partial charge in [0.15, 0.2) is 0 Å². The van der Waals surface area contributed by atoms with Crippen LogP contribution in [0.3, 0.4) is 0 Å². The molecule has 2 aromatic carbocycles. The van der Waals surface area contributed by atoms with E-state index in [-0.39, 0.29) is 23.8 Å². The SMILES string of the molecule is CCOC(=O)[C@H]1C2COC(=O)[C@]21Cc1ccc2ccccc2c1. The number of carbonyl (C=O) groups is 2. The van der Waals surface area contributed by atoms with E-state index in [4.69, 9.17) is 9.47 Å². The molecule has 1 unspecified atom stereocenters. The molecule has 1 aliphatic heterocycles. The fourth-order valence-corrected chi connectivity index (χ4v) is 3.95. The zero-order valence-electron chi connectivity index (χ0n) is 13.0. The van der Waals surface area contributed by atoms with Gasteiger partial charge in [-0.3, -0.25) is 9.59 Å². The average Bonchev–Trinajstić information content (AvgIpc) is 3.10.